The van der Waals surface area contributed by atoms with E-state index in [9.17, 15) is 4.79 Å². The van der Waals surface area contributed by atoms with E-state index in [4.69, 9.17) is 15.6 Å². The smallest absolute Gasteiger partial charge is 0.335 e. The number of benzene rings is 1. The van der Waals surface area contributed by atoms with Gasteiger partial charge < -0.3 is 15.6 Å². The monoisotopic (exact) mass is 197 g/mol. The van der Waals surface area contributed by atoms with Gasteiger partial charge in [0.15, 0.2) is 5.75 Å². The molecular formula is C8H7NO3S. The maximum Gasteiger partial charge on any atom is 0.335 e. The van der Waals surface area contributed by atoms with Crippen molar-refractivity contribution in [2.45, 2.75) is 4.90 Å². The topological polar surface area (TPSA) is 72.6 Å². The fraction of sp³-hybridized carbons (Fsp3) is 0.125. The van der Waals surface area contributed by atoms with Crippen molar-refractivity contribution < 1.29 is 14.6 Å². The second-order valence-corrected chi connectivity index (χ2v) is 3.57. The summed E-state index contributed by atoms with van der Waals surface area (Å²) in [4.78, 5) is 11.5. The number of carboxylic acid groups (broad SMARTS) is 1. The first-order chi connectivity index (χ1) is 6.18. The Kier molecular flexibility index (Phi) is 1.81. The number of anilines is 1. The summed E-state index contributed by atoms with van der Waals surface area (Å²) in [6.07, 6.45) is 0. The lowest BCUT2D eigenvalue weighted by atomic mass is 10.2. The zero-order valence-corrected chi connectivity index (χ0v) is 7.43. The lowest BCUT2D eigenvalue weighted by Gasteiger charge is -2.03. The van der Waals surface area contributed by atoms with Gasteiger partial charge in [0.2, 0.25) is 0 Å². The molecule has 0 saturated heterocycles. The largest absolute Gasteiger partial charge is 0.479 e. The lowest BCUT2D eigenvalue weighted by molar-refractivity contribution is 0.0696. The second-order valence-electron chi connectivity index (χ2n) is 2.60. The molecule has 5 heteroatoms. The van der Waals surface area contributed by atoms with Crippen LogP contribution in [0.15, 0.2) is 17.0 Å². The van der Waals surface area contributed by atoms with E-state index in [0.29, 0.717) is 17.4 Å². The van der Waals surface area contributed by atoms with Crippen molar-refractivity contribution >= 4 is 23.4 Å². The van der Waals surface area contributed by atoms with Gasteiger partial charge in [0, 0.05) is 0 Å². The third kappa shape index (κ3) is 1.31. The minimum Gasteiger partial charge on any atom is -0.479 e. The first-order valence-electron chi connectivity index (χ1n) is 3.61. The summed E-state index contributed by atoms with van der Waals surface area (Å²) < 4.78 is 5.21. The first kappa shape index (κ1) is 8.25. The second kappa shape index (κ2) is 2.85. The lowest BCUT2D eigenvalue weighted by Crippen LogP contribution is -1.99. The quantitative estimate of drug-likeness (QED) is 0.666. The van der Waals surface area contributed by atoms with Gasteiger partial charge in [-0.2, -0.15) is 0 Å². The summed E-state index contributed by atoms with van der Waals surface area (Å²) in [6, 6.07) is 2.98. The van der Waals surface area contributed by atoms with Crippen LogP contribution in [-0.2, 0) is 0 Å². The average molecular weight is 197 g/mol. The average Bonchev–Trinajstić information content (AvgIpc) is 2.51. The van der Waals surface area contributed by atoms with Crippen LogP contribution in [-0.4, -0.2) is 17.0 Å². The molecule has 0 radical (unpaired) electrons. The van der Waals surface area contributed by atoms with Gasteiger partial charge in [-0.25, -0.2) is 4.79 Å². The standard InChI is InChI=1S/C8H7NO3S/c9-5-1-4(8(10)11)2-6-7(5)12-3-13-6/h1-2H,3,9H2,(H,10,11). The molecule has 0 spiro atoms. The Balaban J connectivity index is 2.55. The summed E-state index contributed by atoms with van der Waals surface area (Å²) in [6.45, 7) is 0. The molecule has 1 heterocycles. The van der Waals surface area contributed by atoms with E-state index in [-0.39, 0.29) is 5.56 Å². The molecule has 0 amide bonds. The summed E-state index contributed by atoms with van der Waals surface area (Å²) >= 11 is 1.45. The highest BCUT2D eigenvalue weighted by Gasteiger charge is 2.18. The number of ether oxygens (including phenoxy) is 1. The molecule has 68 valence electrons. The number of rotatable bonds is 1. The van der Waals surface area contributed by atoms with E-state index in [1.54, 1.807) is 6.07 Å². The number of fused-ring (bicyclic) bond motifs is 1. The Bertz CT molecular complexity index is 378. The van der Waals surface area contributed by atoms with E-state index in [1.807, 2.05) is 0 Å². The maximum atomic E-state index is 10.6. The third-order valence-electron chi connectivity index (χ3n) is 1.75. The van der Waals surface area contributed by atoms with Gasteiger partial charge in [0.05, 0.1) is 16.1 Å². The molecule has 0 aliphatic carbocycles. The molecule has 13 heavy (non-hydrogen) atoms. The van der Waals surface area contributed by atoms with Crippen molar-refractivity contribution in [1.82, 2.24) is 0 Å². The van der Waals surface area contributed by atoms with Gasteiger partial charge in [0.25, 0.3) is 0 Å². The van der Waals surface area contributed by atoms with Gasteiger partial charge >= 0.3 is 5.97 Å². The summed E-state index contributed by atoms with van der Waals surface area (Å²) in [5.41, 5.74) is 6.20. The van der Waals surface area contributed by atoms with Crippen LogP contribution < -0.4 is 10.5 Å². The van der Waals surface area contributed by atoms with Crippen LogP contribution >= 0.6 is 11.8 Å². The Morgan fingerprint density at radius 3 is 3.08 bits per heavy atom. The van der Waals surface area contributed by atoms with Crippen molar-refractivity contribution in [1.29, 1.82) is 0 Å². The van der Waals surface area contributed by atoms with E-state index in [0.717, 1.165) is 4.90 Å². The molecule has 1 aliphatic rings. The van der Waals surface area contributed by atoms with Gasteiger partial charge in [-0.15, -0.1) is 0 Å². The predicted molar refractivity (Wildman–Crippen MR) is 49.2 cm³/mol. The zero-order chi connectivity index (χ0) is 9.42. The molecule has 1 aromatic carbocycles. The maximum absolute atomic E-state index is 10.6. The van der Waals surface area contributed by atoms with Crippen LogP contribution in [0.3, 0.4) is 0 Å². The molecule has 3 N–H and O–H groups in total. The number of nitrogens with two attached hydrogens (primary N) is 1. The van der Waals surface area contributed by atoms with E-state index >= 15 is 0 Å². The normalized spacial score (nSPS) is 13.5. The Labute approximate surface area is 78.7 Å². The van der Waals surface area contributed by atoms with Crippen LogP contribution in [0.1, 0.15) is 10.4 Å². The zero-order valence-electron chi connectivity index (χ0n) is 6.61. The fourth-order valence-electron chi connectivity index (χ4n) is 1.16. The Hall–Kier alpha value is -1.36. The van der Waals surface area contributed by atoms with E-state index in [1.165, 1.54) is 17.8 Å². The summed E-state index contributed by atoms with van der Waals surface area (Å²) in [5, 5.41) is 8.73. The molecule has 0 aromatic heterocycles. The molecule has 2 rings (SSSR count). The number of carboxylic acids is 1. The van der Waals surface area contributed by atoms with Crippen molar-refractivity contribution in [2.24, 2.45) is 0 Å². The third-order valence-corrected chi connectivity index (χ3v) is 2.60. The van der Waals surface area contributed by atoms with E-state index < -0.39 is 5.97 Å². The molecular weight excluding hydrogens is 190 g/mol. The van der Waals surface area contributed by atoms with Crippen molar-refractivity contribution in [3.8, 4) is 5.75 Å². The molecule has 0 fully saturated rings. The summed E-state index contributed by atoms with van der Waals surface area (Å²) in [7, 11) is 0. The van der Waals surface area contributed by atoms with E-state index in [2.05, 4.69) is 0 Å². The number of carbonyl (C=O) groups is 1. The minimum atomic E-state index is -0.970. The molecule has 0 unspecified atom stereocenters. The van der Waals surface area contributed by atoms with Crippen LogP contribution in [0, 0.1) is 0 Å². The predicted octanol–water partition coefficient (Wildman–Crippen LogP) is 1.41. The van der Waals surface area contributed by atoms with Gasteiger partial charge in [-0.3, -0.25) is 0 Å². The number of aromatic carboxylic acids is 1. The van der Waals surface area contributed by atoms with Crippen LogP contribution in [0.5, 0.6) is 5.75 Å². The number of hydrogen-bond acceptors (Lipinski definition) is 4. The minimum absolute atomic E-state index is 0.203. The molecule has 4 nitrogen and oxygen atoms in total. The van der Waals surface area contributed by atoms with Gasteiger partial charge in [-0.05, 0) is 12.1 Å². The van der Waals surface area contributed by atoms with Crippen LogP contribution in [0.4, 0.5) is 5.69 Å². The highest BCUT2D eigenvalue weighted by molar-refractivity contribution is 7.99. The Morgan fingerprint density at radius 2 is 2.38 bits per heavy atom. The van der Waals surface area contributed by atoms with Crippen molar-refractivity contribution in [3.63, 3.8) is 0 Å². The number of hydrogen-bond donors (Lipinski definition) is 2. The van der Waals surface area contributed by atoms with Crippen molar-refractivity contribution in [3.05, 3.63) is 17.7 Å². The molecule has 0 atom stereocenters. The molecule has 1 aliphatic heterocycles. The molecule has 1 aromatic rings. The van der Waals surface area contributed by atoms with Gasteiger partial charge in [0.1, 0.15) is 5.94 Å². The van der Waals surface area contributed by atoms with Crippen LogP contribution in [0.25, 0.3) is 0 Å². The van der Waals surface area contributed by atoms with Gasteiger partial charge in [-0.1, -0.05) is 11.8 Å². The highest BCUT2D eigenvalue weighted by atomic mass is 32.2. The fourth-order valence-corrected chi connectivity index (χ4v) is 1.98. The van der Waals surface area contributed by atoms with Crippen LogP contribution in [0.2, 0.25) is 0 Å². The SMILES string of the molecule is Nc1cc(C(=O)O)cc2c1OCS2. The Morgan fingerprint density at radius 1 is 1.62 bits per heavy atom. The number of nitrogen functional groups attached to an aromatic ring is 1. The first-order valence-corrected chi connectivity index (χ1v) is 4.59. The molecule has 0 bridgehead atoms. The van der Waals surface area contributed by atoms with Crippen molar-refractivity contribution in [2.75, 3.05) is 11.7 Å². The molecule has 0 saturated carbocycles. The summed E-state index contributed by atoms with van der Waals surface area (Å²) in [5.74, 6) is 0.139. The number of thioether (sulfide) groups is 1. The highest BCUT2D eigenvalue weighted by Crippen LogP contribution is 2.41.